The number of aromatic nitrogens is 2. The number of benzene rings is 1. The van der Waals surface area contributed by atoms with E-state index in [2.05, 4.69) is 5.10 Å². The average Bonchev–Trinajstić information content (AvgIpc) is 2.90. The third-order valence-electron chi connectivity index (χ3n) is 3.28. The van der Waals surface area contributed by atoms with Gasteiger partial charge in [0.05, 0.1) is 23.6 Å². The van der Waals surface area contributed by atoms with Crippen LogP contribution >= 0.6 is 11.6 Å². The Morgan fingerprint density at radius 3 is 2.80 bits per heavy atom. The van der Waals surface area contributed by atoms with Crippen LogP contribution in [0.25, 0.3) is 11.6 Å². The molecular weight excluding hydrogens is 348 g/mol. The first-order valence-electron chi connectivity index (χ1n) is 6.86. The predicted molar refractivity (Wildman–Crippen MR) is 90.0 cm³/mol. The molecule has 0 spiro atoms. The van der Waals surface area contributed by atoms with Gasteiger partial charge in [0.15, 0.2) is 0 Å². The summed E-state index contributed by atoms with van der Waals surface area (Å²) in [4.78, 5) is 10.3. The van der Waals surface area contributed by atoms with Crippen LogP contribution in [0.4, 0.5) is 11.5 Å². The van der Waals surface area contributed by atoms with Crippen molar-refractivity contribution in [2.45, 2.75) is 6.54 Å². The van der Waals surface area contributed by atoms with Gasteiger partial charge in [-0.05, 0) is 12.1 Å². The van der Waals surface area contributed by atoms with Crippen molar-refractivity contribution in [3.05, 3.63) is 50.2 Å². The summed E-state index contributed by atoms with van der Waals surface area (Å²) in [5.74, 6) is 0.0119. The Bertz CT molecular complexity index is 951. The number of aliphatic hydroxyl groups excluding tert-OH is 1. The molecular formula is C15H11ClN6O3. The largest absolute Gasteiger partial charge is 0.394 e. The van der Waals surface area contributed by atoms with Crippen molar-refractivity contribution < 1.29 is 10.0 Å². The van der Waals surface area contributed by atoms with Gasteiger partial charge in [0, 0.05) is 22.7 Å². The number of anilines is 1. The second-order valence-electron chi connectivity index (χ2n) is 4.80. The number of nitrogen functional groups attached to an aromatic ring is 1. The fraction of sp³-hybridized carbons (Fsp3) is 0.133. The maximum Gasteiger partial charge on any atom is 0.270 e. The van der Waals surface area contributed by atoms with Gasteiger partial charge in [-0.25, -0.2) is 4.68 Å². The minimum absolute atomic E-state index is 0.0119. The van der Waals surface area contributed by atoms with E-state index in [1.54, 1.807) is 0 Å². The molecule has 0 radical (unpaired) electrons. The third kappa shape index (κ3) is 3.58. The Hall–Kier alpha value is -3.40. The van der Waals surface area contributed by atoms with Gasteiger partial charge in [-0.15, -0.1) is 0 Å². The van der Waals surface area contributed by atoms with Gasteiger partial charge in [0.2, 0.25) is 0 Å². The van der Waals surface area contributed by atoms with Gasteiger partial charge >= 0.3 is 0 Å². The number of hydrogen-bond acceptors (Lipinski definition) is 7. The number of nitro groups is 1. The maximum atomic E-state index is 10.9. The number of hydrogen-bond donors (Lipinski definition) is 2. The van der Waals surface area contributed by atoms with E-state index in [1.165, 1.54) is 29.0 Å². The van der Waals surface area contributed by atoms with Crippen molar-refractivity contribution in [2.24, 2.45) is 0 Å². The highest BCUT2D eigenvalue weighted by molar-refractivity contribution is 6.32. The minimum Gasteiger partial charge on any atom is -0.394 e. The SMILES string of the molecule is N#C/C(=C\c1cc([N+](=O)[O-])ccc1Cl)c1nn(CCO)c(N)c1C#N. The Morgan fingerprint density at radius 1 is 1.52 bits per heavy atom. The van der Waals surface area contributed by atoms with Gasteiger partial charge in [-0.1, -0.05) is 11.6 Å². The number of nitrogens with zero attached hydrogens (tertiary/aromatic N) is 5. The fourth-order valence-electron chi connectivity index (χ4n) is 2.10. The summed E-state index contributed by atoms with van der Waals surface area (Å²) in [6, 6.07) is 7.53. The molecule has 9 nitrogen and oxygen atoms in total. The monoisotopic (exact) mass is 358 g/mol. The number of nitrogens with two attached hydrogens (primary N) is 1. The molecule has 1 heterocycles. The molecule has 2 rings (SSSR count). The zero-order valence-corrected chi connectivity index (χ0v) is 13.4. The molecule has 0 saturated heterocycles. The molecule has 0 atom stereocenters. The van der Waals surface area contributed by atoms with Crippen LogP contribution in [0.2, 0.25) is 5.02 Å². The topological polar surface area (TPSA) is 155 Å². The summed E-state index contributed by atoms with van der Waals surface area (Å²) in [6.45, 7) is -0.199. The second kappa shape index (κ2) is 7.45. The van der Waals surface area contributed by atoms with E-state index in [9.17, 15) is 20.6 Å². The van der Waals surface area contributed by atoms with Crippen LogP contribution in [0, 0.1) is 32.8 Å². The van der Waals surface area contributed by atoms with Crippen LogP contribution in [0.15, 0.2) is 18.2 Å². The van der Waals surface area contributed by atoms with E-state index in [1.807, 2.05) is 12.1 Å². The van der Waals surface area contributed by atoms with E-state index in [0.717, 1.165) is 0 Å². The number of aliphatic hydroxyl groups is 1. The van der Waals surface area contributed by atoms with Crippen molar-refractivity contribution in [2.75, 3.05) is 12.3 Å². The third-order valence-corrected chi connectivity index (χ3v) is 3.63. The van der Waals surface area contributed by atoms with Gasteiger partial charge in [-0.3, -0.25) is 10.1 Å². The normalized spacial score (nSPS) is 11.0. The van der Waals surface area contributed by atoms with Gasteiger partial charge in [-0.2, -0.15) is 15.6 Å². The summed E-state index contributed by atoms with van der Waals surface area (Å²) >= 11 is 6.02. The minimum atomic E-state index is -0.589. The molecule has 1 aromatic heterocycles. The number of non-ortho nitro benzene ring substituents is 1. The van der Waals surface area contributed by atoms with E-state index in [4.69, 9.17) is 22.4 Å². The molecule has 25 heavy (non-hydrogen) atoms. The Kier molecular flexibility index (Phi) is 5.35. The van der Waals surface area contributed by atoms with Crippen molar-refractivity contribution in [3.63, 3.8) is 0 Å². The van der Waals surface area contributed by atoms with Crippen molar-refractivity contribution >= 4 is 34.8 Å². The van der Waals surface area contributed by atoms with Gasteiger partial charge < -0.3 is 10.8 Å². The molecule has 3 N–H and O–H groups in total. The molecule has 0 aliphatic heterocycles. The quantitative estimate of drug-likeness (QED) is 0.470. The number of rotatable bonds is 5. The molecule has 0 saturated carbocycles. The van der Waals surface area contributed by atoms with E-state index < -0.39 is 4.92 Å². The van der Waals surface area contributed by atoms with E-state index >= 15 is 0 Å². The standard InChI is InChI=1S/C15H11ClN6O3/c16-13-2-1-11(22(24)25)6-9(13)5-10(7-17)14-12(8-18)15(19)21(20-14)3-4-23/h1-2,5-6,23H,3-4,19H2/b10-5+. The molecule has 0 fully saturated rings. The van der Waals surface area contributed by atoms with Crippen LogP contribution in [0.1, 0.15) is 16.8 Å². The van der Waals surface area contributed by atoms with Crippen LogP contribution in [0.5, 0.6) is 0 Å². The smallest absolute Gasteiger partial charge is 0.270 e. The van der Waals surface area contributed by atoms with Crippen molar-refractivity contribution in [1.29, 1.82) is 10.5 Å². The summed E-state index contributed by atoms with van der Waals surface area (Å²) in [5.41, 5.74) is 5.78. The molecule has 2 aromatic rings. The number of halogens is 1. The van der Waals surface area contributed by atoms with Gasteiger partial charge in [0.25, 0.3) is 5.69 Å². The highest BCUT2D eigenvalue weighted by Crippen LogP contribution is 2.29. The zero-order chi connectivity index (χ0) is 18.6. The lowest BCUT2D eigenvalue weighted by molar-refractivity contribution is -0.384. The summed E-state index contributed by atoms with van der Waals surface area (Å²) in [5, 5.41) is 42.8. The molecule has 10 heteroatoms. The molecule has 0 bridgehead atoms. The van der Waals surface area contributed by atoms with Crippen molar-refractivity contribution in [1.82, 2.24) is 9.78 Å². The molecule has 0 aliphatic carbocycles. The Balaban J connectivity index is 2.62. The van der Waals surface area contributed by atoms with E-state index in [0.29, 0.717) is 0 Å². The fourth-order valence-corrected chi connectivity index (χ4v) is 2.28. The highest BCUT2D eigenvalue weighted by Gasteiger charge is 2.19. The molecule has 0 unspecified atom stereocenters. The zero-order valence-electron chi connectivity index (χ0n) is 12.7. The van der Waals surface area contributed by atoms with Gasteiger partial charge in [0.1, 0.15) is 29.2 Å². The predicted octanol–water partition coefficient (Wildman–Crippen LogP) is 1.96. The molecule has 0 aliphatic rings. The number of allylic oxidation sites excluding steroid dienone is 1. The molecule has 0 amide bonds. The maximum absolute atomic E-state index is 10.9. The molecule has 126 valence electrons. The van der Waals surface area contributed by atoms with E-state index in [-0.39, 0.29) is 52.1 Å². The van der Waals surface area contributed by atoms with Crippen molar-refractivity contribution in [3.8, 4) is 12.1 Å². The highest BCUT2D eigenvalue weighted by atomic mass is 35.5. The lowest BCUT2D eigenvalue weighted by atomic mass is 10.1. The molecule has 1 aromatic carbocycles. The van der Waals surface area contributed by atoms with Crippen LogP contribution in [-0.2, 0) is 6.54 Å². The number of nitro benzene ring substituents is 1. The lowest BCUT2D eigenvalue weighted by Crippen LogP contribution is -2.07. The summed E-state index contributed by atoms with van der Waals surface area (Å²) < 4.78 is 1.20. The lowest BCUT2D eigenvalue weighted by Gasteiger charge is -2.00. The van der Waals surface area contributed by atoms with Crippen LogP contribution in [-0.4, -0.2) is 26.4 Å². The van der Waals surface area contributed by atoms with Crippen LogP contribution < -0.4 is 5.73 Å². The first-order valence-corrected chi connectivity index (χ1v) is 7.24. The number of nitriles is 2. The summed E-state index contributed by atoms with van der Waals surface area (Å²) in [6.07, 6.45) is 1.29. The first kappa shape index (κ1) is 17.9. The van der Waals surface area contributed by atoms with Crippen LogP contribution in [0.3, 0.4) is 0 Å². The second-order valence-corrected chi connectivity index (χ2v) is 5.21. The Labute approximate surface area is 146 Å². The summed E-state index contributed by atoms with van der Waals surface area (Å²) in [7, 11) is 0. The Morgan fingerprint density at radius 2 is 2.24 bits per heavy atom. The first-order chi connectivity index (χ1) is 11.9. The average molecular weight is 359 g/mol.